The molecule has 0 radical (unpaired) electrons. The van der Waals surface area contributed by atoms with E-state index < -0.39 is 18.1 Å². The molecule has 1 aliphatic rings. The van der Waals surface area contributed by atoms with E-state index in [1.54, 1.807) is 18.2 Å². The van der Waals surface area contributed by atoms with Gasteiger partial charge in [-0.05, 0) is 51.2 Å². The molecule has 5 nitrogen and oxygen atoms in total. The molecule has 0 spiro atoms. The van der Waals surface area contributed by atoms with Crippen LogP contribution in [0.4, 0.5) is 13.2 Å². The lowest BCUT2D eigenvalue weighted by Crippen LogP contribution is -2.58. The van der Waals surface area contributed by atoms with Gasteiger partial charge in [0, 0.05) is 30.8 Å². The van der Waals surface area contributed by atoms with Crippen LogP contribution in [-0.2, 0) is 0 Å². The van der Waals surface area contributed by atoms with Crippen LogP contribution in [0, 0.1) is 13.8 Å². The smallest absolute Gasteiger partial charge is 0.405 e. The van der Waals surface area contributed by atoms with Gasteiger partial charge in [0.25, 0.3) is 5.91 Å². The topological polar surface area (TPSA) is 49.6 Å². The quantitative estimate of drug-likeness (QED) is 0.619. The first-order valence-corrected chi connectivity index (χ1v) is 9.67. The number of nitrogens with zero attached hydrogens (tertiary/aromatic N) is 3. The number of piperazine rings is 1. The number of alkyl halides is 3. The Balaban J connectivity index is 1.61. The largest absolute Gasteiger partial charge is 0.436 e. The van der Waals surface area contributed by atoms with Crippen molar-refractivity contribution in [2.24, 2.45) is 0 Å². The van der Waals surface area contributed by atoms with E-state index in [1.165, 1.54) is 16.8 Å². The van der Waals surface area contributed by atoms with Crippen LogP contribution >= 0.6 is 0 Å². The molecular formula is C22H22F3N3O2. The molecule has 2 heterocycles. The van der Waals surface area contributed by atoms with Gasteiger partial charge in [-0.3, -0.25) is 9.69 Å². The van der Waals surface area contributed by atoms with E-state index in [-0.39, 0.29) is 19.6 Å². The fourth-order valence-corrected chi connectivity index (χ4v) is 3.88. The number of aryl methyl sites for hydroxylation is 2. The molecule has 1 fully saturated rings. The van der Waals surface area contributed by atoms with Crippen LogP contribution in [0.3, 0.4) is 0 Å². The molecule has 1 saturated heterocycles. The van der Waals surface area contributed by atoms with Crippen LogP contribution in [0.1, 0.15) is 21.5 Å². The Morgan fingerprint density at radius 2 is 1.80 bits per heavy atom. The Kier molecular flexibility index (Phi) is 5.05. The van der Waals surface area contributed by atoms with Crippen LogP contribution in [0.2, 0.25) is 0 Å². The van der Waals surface area contributed by atoms with E-state index >= 15 is 0 Å². The second kappa shape index (κ2) is 7.43. The second-order valence-electron chi connectivity index (χ2n) is 7.87. The molecule has 0 saturated carbocycles. The van der Waals surface area contributed by atoms with E-state index in [0.717, 1.165) is 16.7 Å². The maximum Gasteiger partial charge on any atom is 0.405 e. The summed E-state index contributed by atoms with van der Waals surface area (Å²) in [5.74, 6) is 0.00771. The molecule has 1 atom stereocenters. The van der Waals surface area contributed by atoms with E-state index in [4.69, 9.17) is 4.42 Å². The second-order valence-corrected chi connectivity index (χ2v) is 7.87. The SMILES string of the molecule is Cc1cc(C)cc(-c2nc3cc(C(=O)N4CCN(C)C(C(F)(F)F)C4)ccc3o2)c1. The summed E-state index contributed by atoms with van der Waals surface area (Å²) < 4.78 is 45.6. The zero-order valence-electron chi connectivity index (χ0n) is 17.0. The van der Waals surface area contributed by atoms with Crippen LogP contribution < -0.4 is 0 Å². The molecule has 2 aromatic carbocycles. The number of hydrogen-bond acceptors (Lipinski definition) is 4. The molecule has 1 unspecified atom stereocenters. The first-order valence-electron chi connectivity index (χ1n) is 9.67. The first kappa shape index (κ1) is 20.4. The Bertz CT molecular complexity index is 1090. The molecule has 158 valence electrons. The van der Waals surface area contributed by atoms with Crippen LogP contribution in [0.5, 0.6) is 0 Å². The Morgan fingerprint density at radius 3 is 2.47 bits per heavy atom. The number of fused-ring (bicyclic) bond motifs is 1. The van der Waals surface area contributed by atoms with Gasteiger partial charge in [-0.1, -0.05) is 17.2 Å². The average molecular weight is 417 g/mol. The van der Waals surface area contributed by atoms with Crippen molar-refractivity contribution < 1.29 is 22.4 Å². The van der Waals surface area contributed by atoms with Crippen LogP contribution in [-0.4, -0.2) is 59.6 Å². The highest BCUT2D eigenvalue weighted by Crippen LogP contribution is 2.29. The minimum Gasteiger partial charge on any atom is -0.436 e. The number of rotatable bonds is 2. The number of benzene rings is 2. The summed E-state index contributed by atoms with van der Waals surface area (Å²) in [5, 5.41) is 0. The summed E-state index contributed by atoms with van der Waals surface area (Å²) >= 11 is 0. The number of aromatic nitrogens is 1. The number of carbonyl (C=O) groups is 1. The molecule has 0 bridgehead atoms. The molecule has 3 aromatic rings. The van der Waals surface area contributed by atoms with E-state index in [2.05, 4.69) is 4.98 Å². The van der Waals surface area contributed by atoms with Crippen molar-refractivity contribution in [2.75, 3.05) is 26.7 Å². The van der Waals surface area contributed by atoms with E-state index in [0.29, 0.717) is 22.6 Å². The maximum absolute atomic E-state index is 13.3. The Morgan fingerprint density at radius 1 is 1.10 bits per heavy atom. The fraction of sp³-hybridized carbons (Fsp3) is 0.364. The summed E-state index contributed by atoms with van der Waals surface area (Å²) in [6.45, 7) is 4.00. The molecule has 4 rings (SSSR count). The monoisotopic (exact) mass is 417 g/mol. The average Bonchev–Trinajstić information content (AvgIpc) is 3.09. The lowest BCUT2D eigenvalue weighted by molar-refractivity contribution is -0.190. The van der Waals surface area contributed by atoms with Gasteiger partial charge >= 0.3 is 6.18 Å². The maximum atomic E-state index is 13.3. The highest BCUT2D eigenvalue weighted by atomic mass is 19.4. The predicted octanol–water partition coefficient (Wildman–Crippen LogP) is 4.43. The fourth-order valence-electron chi connectivity index (χ4n) is 3.88. The Labute approximate surface area is 172 Å². The van der Waals surface area contributed by atoms with Crippen molar-refractivity contribution in [3.63, 3.8) is 0 Å². The van der Waals surface area contributed by atoms with Crippen molar-refractivity contribution in [3.05, 3.63) is 53.1 Å². The lowest BCUT2D eigenvalue weighted by Gasteiger charge is -2.40. The van der Waals surface area contributed by atoms with Gasteiger partial charge in [-0.15, -0.1) is 0 Å². The lowest BCUT2D eigenvalue weighted by atomic mass is 10.1. The third-order valence-electron chi connectivity index (χ3n) is 5.42. The van der Waals surface area contributed by atoms with E-state index in [9.17, 15) is 18.0 Å². The molecule has 30 heavy (non-hydrogen) atoms. The van der Waals surface area contributed by atoms with Gasteiger partial charge in [0.15, 0.2) is 5.58 Å². The molecular weight excluding hydrogens is 395 g/mol. The van der Waals surface area contributed by atoms with Gasteiger partial charge in [0.1, 0.15) is 11.6 Å². The summed E-state index contributed by atoms with van der Waals surface area (Å²) in [6, 6.07) is 9.10. The summed E-state index contributed by atoms with van der Waals surface area (Å²) in [6.07, 6.45) is -4.38. The number of halogens is 3. The van der Waals surface area contributed by atoms with Crippen molar-refractivity contribution in [1.82, 2.24) is 14.8 Å². The summed E-state index contributed by atoms with van der Waals surface area (Å²) in [5.41, 5.74) is 4.32. The van der Waals surface area contributed by atoms with Crippen molar-refractivity contribution >= 4 is 17.0 Å². The molecule has 1 aliphatic heterocycles. The van der Waals surface area contributed by atoms with Gasteiger partial charge < -0.3 is 9.32 Å². The minimum absolute atomic E-state index is 0.166. The summed E-state index contributed by atoms with van der Waals surface area (Å²) in [4.78, 5) is 19.9. The van der Waals surface area contributed by atoms with Crippen molar-refractivity contribution in [1.29, 1.82) is 0 Å². The highest BCUT2D eigenvalue weighted by molar-refractivity contribution is 5.97. The third-order valence-corrected chi connectivity index (χ3v) is 5.42. The number of carbonyl (C=O) groups excluding carboxylic acids is 1. The van der Waals surface area contributed by atoms with E-state index in [1.807, 2.05) is 32.0 Å². The number of likely N-dealkylation sites (N-methyl/N-ethyl adjacent to an activating group) is 1. The molecule has 1 amide bonds. The Hall–Kier alpha value is -2.87. The highest BCUT2D eigenvalue weighted by Gasteiger charge is 2.46. The first-order chi connectivity index (χ1) is 14.1. The zero-order chi connectivity index (χ0) is 21.6. The van der Waals surface area contributed by atoms with Crippen LogP contribution in [0.25, 0.3) is 22.6 Å². The van der Waals surface area contributed by atoms with Gasteiger partial charge in [-0.2, -0.15) is 13.2 Å². The molecule has 1 aromatic heterocycles. The number of amides is 1. The van der Waals surface area contributed by atoms with Gasteiger partial charge in [0.2, 0.25) is 5.89 Å². The normalized spacial score (nSPS) is 18.2. The minimum atomic E-state index is -4.38. The number of hydrogen-bond donors (Lipinski definition) is 0. The zero-order valence-corrected chi connectivity index (χ0v) is 17.0. The van der Waals surface area contributed by atoms with Crippen molar-refractivity contribution in [2.45, 2.75) is 26.1 Å². The standard InChI is InChI=1S/C22H22F3N3O2/c1-13-8-14(2)10-16(9-13)20-26-17-11-15(4-5-18(17)30-20)21(29)28-7-6-27(3)19(12-28)22(23,24)25/h4-5,8-11,19H,6-7,12H2,1-3H3. The van der Waals surface area contributed by atoms with Crippen molar-refractivity contribution in [3.8, 4) is 11.5 Å². The molecule has 0 N–H and O–H groups in total. The van der Waals surface area contributed by atoms with Gasteiger partial charge in [-0.25, -0.2) is 4.98 Å². The molecule has 8 heteroatoms. The van der Waals surface area contributed by atoms with Gasteiger partial charge in [0.05, 0.1) is 0 Å². The predicted molar refractivity (Wildman–Crippen MR) is 107 cm³/mol. The van der Waals surface area contributed by atoms with Crippen LogP contribution in [0.15, 0.2) is 40.8 Å². The number of oxazole rings is 1. The molecule has 0 aliphatic carbocycles. The summed E-state index contributed by atoms with van der Waals surface area (Å²) in [7, 11) is 1.43. The third kappa shape index (κ3) is 3.92.